The average Bonchev–Trinajstić information content (AvgIpc) is 2.72. The quantitative estimate of drug-likeness (QED) is 0.872. The second-order valence-corrected chi connectivity index (χ2v) is 7.23. The van der Waals surface area contributed by atoms with Crippen LogP contribution in [0.2, 0.25) is 0 Å². The largest absolute Gasteiger partial charge is 0.453 e. The number of hydrogen-bond donors (Lipinski definition) is 1. The van der Waals surface area contributed by atoms with Crippen LogP contribution in [0.5, 0.6) is 0 Å². The molecule has 18 heavy (non-hydrogen) atoms. The molecular weight excluding hydrogens is 290 g/mol. The lowest BCUT2D eigenvalue weighted by Crippen LogP contribution is -2.43. The van der Waals surface area contributed by atoms with Gasteiger partial charge in [0.05, 0.1) is 6.54 Å². The van der Waals surface area contributed by atoms with Crippen LogP contribution in [-0.2, 0) is 6.54 Å². The Balaban J connectivity index is 1.93. The number of nitrogens with one attached hydrogen (secondary N) is 1. The fourth-order valence-electron chi connectivity index (χ4n) is 3.09. The minimum atomic E-state index is 0.391. The van der Waals surface area contributed by atoms with Crippen molar-refractivity contribution in [3.8, 4) is 0 Å². The lowest BCUT2D eigenvalue weighted by molar-refractivity contribution is 0.128. The van der Waals surface area contributed by atoms with Crippen LogP contribution in [0, 0.1) is 11.3 Å². The van der Waals surface area contributed by atoms with Gasteiger partial charge >= 0.3 is 0 Å². The second kappa shape index (κ2) is 5.79. The highest BCUT2D eigenvalue weighted by Crippen LogP contribution is 2.38. The van der Waals surface area contributed by atoms with E-state index in [1.54, 1.807) is 0 Å². The lowest BCUT2D eigenvalue weighted by Gasteiger charge is -2.40. The van der Waals surface area contributed by atoms with Crippen molar-refractivity contribution in [1.82, 2.24) is 5.32 Å². The maximum Gasteiger partial charge on any atom is 0.169 e. The first-order chi connectivity index (χ1) is 8.47. The van der Waals surface area contributed by atoms with Crippen LogP contribution in [0.15, 0.2) is 21.2 Å². The summed E-state index contributed by atoms with van der Waals surface area (Å²) < 4.78 is 6.36. The van der Waals surface area contributed by atoms with E-state index in [2.05, 4.69) is 42.0 Å². The predicted molar refractivity (Wildman–Crippen MR) is 78.4 cm³/mol. The Hall–Kier alpha value is -0.280. The van der Waals surface area contributed by atoms with Crippen molar-refractivity contribution in [3.05, 3.63) is 22.6 Å². The van der Waals surface area contributed by atoms with Gasteiger partial charge in [-0.3, -0.25) is 0 Å². The summed E-state index contributed by atoms with van der Waals surface area (Å²) in [7, 11) is 0. The van der Waals surface area contributed by atoms with Crippen LogP contribution in [0.25, 0.3) is 0 Å². The zero-order valence-corrected chi connectivity index (χ0v) is 13.2. The van der Waals surface area contributed by atoms with E-state index in [9.17, 15) is 0 Å². The maximum atomic E-state index is 5.55. The van der Waals surface area contributed by atoms with Gasteiger partial charge in [-0.2, -0.15) is 0 Å². The number of rotatable bonds is 3. The summed E-state index contributed by atoms with van der Waals surface area (Å²) in [5, 5.41) is 3.69. The zero-order chi connectivity index (χ0) is 13.2. The Labute approximate surface area is 119 Å². The van der Waals surface area contributed by atoms with E-state index in [1.165, 1.54) is 25.7 Å². The fraction of sp³-hybridized carbons (Fsp3) is 0.733. The molecular formula is C15H24BrNO. The molecule has 3 heteroatoms. The minimum absolute atomic E-state index is 0.391. The highest BCUT2D eigenvalue weighted by molar-refractivity contribution is 9.10. The molecule has 2 atom stereocenters. The molecule has 1 aromatic rings. The first-order valence-electron chi connectivity index (χ1n) is 6.94. The van der Waals surface area contributed by atoms with E-state index in [0.29, 0.717) is 11.5 Å². The monoisotopic (exact) mass is 313 g/mol. The van der Waals surface area contributed by atoms with Crippen LogP contribution in [0.3, 0.4) is 0 Å². The van der Waals surface area contributed by atoms with E-state index in [0.717, 1.165) is 22.9 Å². The molecule has 0 bridgehead atoms. The summed E-state index contributed by atoms with van der Waals surface area (Å²) in [4.78, 5) is 0. The Kier molecular flexibility index (Phi) is 4.54. The third-order valence-corrected chi connectivity index (χ3v) is 4.47. The zero-order valence-electron chi connectivity index (χ0n) is 11.6. The van der Waals surface area contributed by atoms with Crippen molar-refractivity contribution in [1.29, 1.82) is 0 Å². The molecule has 0 amide bonds. The molecule has 1 aliphatic carbocycles. The standard InChI is InChI=1S/C15H24BrNO/c1-15(2,3)12-6-4-5-7-13(12)17-10-11-8-9-14(16)18-11/h8-9,12-13,17H,4-7,10H2,1-3H3. The fourth-order valence-corrected chi connectivity index (χ4v) is 3.43. The molecule has 102 valence electrons. The van der Waals surface area contributed by atoms with Crippen LogP contribution >= 0.6 is 15.9 Å². The Morgan fingerprint density at radius 3 is 2.61 bits per heavy atom. The van der Waals surface area contributed by atoms with Gasteiger partial charge in [0.25, 0.3) is 0 Å². The topological polar surface area (TPSA) is 25.2 Å². The van der Waals surface area contributed by atoms with Crippen molar-refractivity contribution >= 4 is 15.9 Å². The summed E-state index contributed by atoms with van der Waals surface area (Å²) in [6.07, 6.45) is 5.38. The smallest absolute Gasteiger partial charge is 0.169 e. The molecule has 2 nitrogen and oxygen atoms in total. The molecule has 1 fully saturated rings. The van der Waals surface area contributed by atoms with Gasteiger partial charge < -0.3 is 9.73 Å². The molecule has 1 aliphatic rings. The Bertz CT molecular complexity index is 380. The normalized spacial score (nSPS) is 25.3. The van der Waals surface area contributed by atoms with Crippen LogP contribution in [0.4, 0.5) is 0 Å². The Morgan fingerprint density at radius 2 is 2.00 bits per heavy atom. The predicted octanol–water partition coefficient (Wildman–Crippen LogP) is 4.74. The van der Waals surface area contributed by atoms with E-state index in [-0.39, 0.29) is 0 Å². The molecule has 0 aliphatic heterocycles. The van der Waals surface area contributed by atoms with Crippen molar-refractivity contribution in [2.45, 2.75) is 59.0 Å². The van der Waals surface area contributed by atoms with Crippen molar-refractivity contribution < 1.29 is 4.42 Å². The molecule has 1 aromatic heterocycles. The van der Waals surface area contributed by atoms with E-state index >= 15 is 0 Å². The molecule has 0 radical (unpaired) electrons. The lowest BCUT2D eigenvalue weighted by atomic mass is 9.69. The van der Waals surface area contributed by atoms with Gasteiger partial charge in [0.1, 0.15) is 5.76 Å². The summed E-state index contributed by atoms with van der Waals surface area (Å²) >= 11 is 3.35. The van der Waals surface area contributed by atoms with Crippen molar-refractivity contribution in [2.24, 2.45) is 11.3 Å². The van der Waals surface area contributed by atoms with E-state index < -0.39 is 0 Å². The van der Waals surface area contributed by atoms with Crippen molar-refractivity contribution in [3.63, 3.8) is 0 Å². The van der Waals surface area contributed by atoms with Gasteiger partial charge in [-0.15, -0.1) is 0 Å². The number of hydrogen-bond acceptors (Lipinski definition) is 2. The van der Waals surface area contributed by atoms with E-state index in [4.69, 9.17) is 4.42 Å². The van der Waals surface area contributed by atoms with Gasteiger partial charge in [0.15, 0.2) is 4.67 Å². The molecule has 1 heterocycles. The van der Waals surface area contributed by atoms with Gasteiger partial charge in [-0.25, -0.2) is 0 Å². The molecule has 0 saturated heterocycles. The molecule has 2 rings (SSSR count). The molecule has 0 aromatic carbocycles. The second-order valence-electron chi connectivity index (χ2n) is 6.45. The Morgan fingerprint density at radius 1 is 1.28 bits per heavy atom. The first-order valence-corrected chi connectivity index (χ1v) is 7.74. The van der Waals surface area contributed by atoms with E-state index in [1.807, 2.05) is 12.1 Å². The molecule has 1 N–H and O–H groups in total. The van der Waals surface area contributed by atoms with Crippen LogP contribution in [0.1, 0.15) is 52.2 Å². The summed E-state index contributed by atoms with van der Waals surface area (Å²) in [5.74, 6) is 1.78. The third-order valence-electron chi connectivity index (χ3n) is 4.05. The number of halogens is 1. The SMILES string of the molecule is CC(C)(C)C1CCCCC1NCc1ccc(Br)o1. The van der Waals surface area contributed by atoms with Gasteiger partial charge in [0, 0.05) is 6.04 Å². The third kappa shape index (κ3) is 3.61. The van der Waals surface area contributed by atoms with Gasteiger partial charge in [0.2, 0.25) is 0 Å². The molecule has 0 spiro atoms. The molecule has 1 saturated carbocycles. The van der Waals surface area contributed by atoms with Crippen LogP contribution in [-0.4, -0.2) is 6.04 Å². The van der Waals surface area contributed by atoms with Crippen molar-refractivity contribution in [2.75, 3.05) is 0 Å². The minimum Gasteiger partial charge on any atom is -0.453 e. The average molecular weight is 314 g/mol. The molecule has 2 unspecified atom stereocenters. The van der Waals surface area contributed by atoms with Gasteiger partial charge in [-0.1, -0.05) is 33.6 Å². The first kappa shape index (κ1) is 14.1. The van der Waals surface area contributed by atoms with Crippen LogP contribution < -0.4 is 5.32 Å². The highest BCUT2D eigenvalue weighted by atomic mass is 79.9. The summed E-state index contributed by atoms with van der Waals surface area (Å²) in [6, 6.07) is 4.62. The summed E-state index contributed by atoms with van der Waals surface area (Å²) in [5.41, 5.74) is 0.391. The summed E-state index contributed by atoms with van der Waals surface area (Å²) in [6.45, 7) is 7.92. The number of furan rings is 1. The maximum absolute atomic E-state index is 5.55. The highest BCUT2D eigenvalue weighted by Gasteiger charge is 2.33. The van der Waals surface area contributed by atoms with Gasteiger partial charge in [-0.05, 0) is 52.2 Å².